The predicted octanol–water partition coefficient (Wildman–Crippen LogP) is 1.72. The van der Waals surface area contributed by atoms with Crippen molar-refractivity contribution in [3.8, 4) is 5.82 Å². The molecule has 1 aromatic carbocycles. The number of amides is 1. The summed E-state index contributed by atoms with van der Waals surface area (Å²) in [5, 5.41) is 16.7. The van der Waals surface area contributed by atoms with Crippen LogP contribution in [0.25, 0.3) is 5.82 Å². The second-order valence-electron chi connectivity index (χ2n) is 5.56. The summed E-state index contributed by atoms with van der Waals surface area (Å²) in [6, 6.07) is 7.59. The third kappa shape index (κ3) is 4.24. The molecule has 0 saturated heterocycles. The Morgan fingerprint density at radius 1 is 1.22 bits per heavy atom. The van der Waals surface area contributed by atoms with Crippen molar-refractivity contribution in [2.45, 2.75) is 6.92 Å². The third-order valence-electron chi connectivity index (χ3n) is 3.79. The normalized spacial score (nSPS) is 10.4. The van der Waals surface area contributed by atoms with Crippen LogP contribution in [-0.2, 0) is 0 Å². The fourth-order valence-electron chi connectivity index (χ4n) is 2.48. The zero-order chi connectivity index (χ0) is 19.2. The monoisotopic (exact) mass is 367 g/mol. The number of aryl methyl sites for hydroxylation is 1. The highest BCUT2D eigenvalue weighted by molar-refractivity contribution is 5.98. The van der Waals surface area contributed by atoms with Crippen LogP contribution in [0.3, 0.4) is 0 Å². The molecule has 3 aromatic rings. The van der Waals surface area contributed by atoms with Crippen LogP contribution in [-0.4, -0.2) is 43.4 Å². The Labute approximate surface area is 154 Å². The van der Waals surface area contributed by atoms with E-state index in [9.17, 15) is 14.9 Å². The fraction of sp³-hybridized carbons (Fsp3) is 0.176. The van der Waals surface area contributed by atoms with E-state index >= 15 is 0 Å². The van der Waals surface area contributed by atoms with Gasteiger partial charge in [0.1, 0.15) is 29.4 Å². The maximum atomic E-state index is 12.1. The molecule has 0 radical (unpaired) electrons. The Kier molecular flexibility index (Phi) is 5.36. The second kappa shape index (κ2) is 8.04. The van der Waals surface area contributed by atoms with E-state index in [-0.39, 0.29) is 17.8 Å². The van der Waals surface area contributed by atoms with Crippen molar-refractivity contribution in [3.05, 3.63) is 70.6 Å². The topological polar surface area (TPSA) is 128 Å². The average molecular weight is 367 g/mol. The molecule has 0 spiro atoms. The number of benzene rings is 1. The minimum Gasteiger partial charge on any atom is -0.368 e. The van der Waals surface area contributed by atoms with Gasteiger partial charge in [0.25, 0.3) is 11.6 Å². The van der Waals surface area contributed by atoms with Gasteiger partial charge in [0, 0.05) is 37.6 Å². The predicted molar refractivity (Wildman–Crippen MR) is 97.8 cm³/mol. The van der Waals surface area contributed by atoms with E-state index < -0.39 is 10.8 Å². The van der Waals surface area contributed by atoms with Gasteiger partial charge in [-0.25, -0.2) is 15.0 Å². The summed E-state index contributed by atoms with van der Waals surface area (Å²) in [6.45, 7) is 2.54. The molecule has 0 aliphatic carbocycles. The Morgan fingerprint density at radius 2 is 2.04 bits per heavy atom. The van der Waals surface area contributed by atoms with Gasteiger partial charge in [-0.15, -0.1) is 0 Å². The number of carbonyl (C=O) groups is 1. The molecule has 0 saturated carbocycles. The van der Waals surface area contributed by atoms with E-state index in [1.165, 1.54) is 24.5 Å². The van der Waals surface area contributed by atoms with Crippen molar-refractivity contribution in [1.82, 2.24) is 24.8 Å². The number of carbonyl (C=O) groups excluding carboxylic acids is 1. The molecule has 1 amide bonds. The summed E-state index contributed by atoms with van der Waals surface area (Å²) in [4.78, 5) is 35.0. The molecule has 0 bridgehead atoms. The van der Waals surface area contributed by atoms with E-state index in [2.05, 4.69) is 25.6 Å². The maximum absolute atomic E-state index is 12.1. The number of nitrogens with zero attached hydrogens (tertiary/aromatic N) is 5. The number of nitro benzene ring substituents is 1. The van der Waals surface area contributed by atoms with Gasteiger partial charge < -0.3 is 10.6 Å². The van der Waals surface area contributed by atoms with Crippen LogP contribution < -0.4 is 10.6 Å². The van der Waals surface area contributed by atoms with Gasteiger partial charge in [-0.3, -0.25) is 19.5 Å². The number of para-hydroxylation sites is 1. The van der Waals surface area contributed by atoms with E-state index in [1.807, 2.05) is 11.5 Å². The van der Waals surface area contributed by atoms with E-state index in [0.717, 1.165) is 5.82 Å². The molecule has 138 valence electrons. The Bertz CT molecular complexity index is 970. The standard InChI is InChI=1S/C17H17N7O3/c1-12-18-8-9-23(12)16-10-15(21-11-22-16)19-6-7-20-17(25)13-4-2-3-5-14(13)24(26)27/h2-5,8-11H,6-7H2,1H3,(H,20,25)(H,19,21,22). The Morgan fingerprint density at radius 3 is 2.78 bits per heavy atom. The van der Waals surface area contributed by atoms with Crippen LogP contribution in [0.2, 0.25) is 0 Å². The van der Waals surface area contributed by atoms with Crippen LogP contribution >= 0.6 is 0 Å². The Balaban J connectivity index is 1.56. The molecule has 0 aliphatic heterocycles. The fourth-order valence-corrected chi connectivity index (χ4v) is 2.48. The molecule has 2 aromatic heterocycles. The molecule has 0 fully saturated rings. The number of anilines is 1. The smallest absolute Gasteiger partial charge is 0.282 e. The van der Waals surface area contributed by atoms with Gasteiger partial charge in [0.15, 0.2) is 0 Å². The zero-order valence-corrected chi connectivity index (χ0v) is 14.5. The minimum absolute atomic E-state index is 0.0300. The lowest BCUT2D eigenvalue weighted by Gasteiger charge is -2.09. The lowest BCUT2D eigenvalue weighted by molar-refractivity contribution is -0.385. The molecule has 2 heterocycles. The number of nitro groups is 1. The van der Waals surface area contributed by atoms with Crippen LogP contribution in [0.1, 0.15) is 16.2 Å². The molecule has 3 rings (SSSR count). The second-order valence-corrected chi connectivity index (χ2v) is 5.56. The first-order valence-corrected chi connectivity index (χ1v) is 8.14. The largest absolute Gasteiger partial charge is 0.368 e. The van der Waals surface area contributed by atoms with Crippen LogP contribution in [0, 0.1) is 17.0 Å². The SMILES string of the molecule is Cc1nccn1-c1cc(NCCNC(=O)c2ccccc2[N+](=O)[O-])ncn1. The number of aromatic nitrogens is 4. The highest BCUT2D eigenvalue weighted by Crippen LogP contribution is 2.17. The van der Waals surface area contributed by atoms with Crippen LogP contribution in [0.5, 0.6) is 0 Å². The summed E-state index contributed by atoms with van der Waals surface area (Å²) in [7, 11) is 0. The van der Waals surface area contributed by atoms with E-state index in [1.54, 1.807) is 24.5 Å². The number of imidazole rings is 1. The van der Waals surface area contributed by atoms with Crippen molar-refractivity contribution in [2.75, 3.05) is 18.4 Å². The first kappa shape index (κ1) is 18.0. The molecule has 10 heteroatoms. The molecule has 0 unspecified atom stereocenters. The van der Waals surface area contributed by atoms with Gasteiger partial charge in [0.2, 0.25) is 0 Å². The molecule has 10 nitrogen and oxygen atoms in total. The van der Waals surface area contributed by atoms with Gasteiger partial charge in [-0.1, -0.05) is 12.1 Å². The number of nitrogens with one attached hydrogen (secondary N) is 2. The van der Waals surface area contributed by atoms with Gasteiger partial charge in [-0.05, 0) is 13.0 Å². The molecule has 0 aliphatic rings. The summed E-state index contributed by atoms with van der Waals surface area (Å²) < 4.78 is 1.82. The summed E-state index contributed by atoms with van der Waals surface area (Å²) in [5.41, 5.74) is -0.193. The summed E-state index contributed by atoms with van der Waals surface area (Å²) >= 11 is 0. The number of rotatable bonds is 7. The lowest BCUT2D eigenvalue weighted by Crippen LogP contribution is -2.29. The van der Waals surface area contributed by atoms with E-state index in [4.69, 9.17) is 0 Å². The van der Waals surface area contributed by atoms with Crippen molar-refractivity contribution in [3.63, 3.8) is 0 Å². The van der Waals surface area contributed by atoms with E-state index in [0.29, 0.717) is 18.2 Å². The average Bonchev–Trinajstić information content (AvgIpc) is 3.11. The molecular weight excluding hydrogens is 350 g/mol. The van der Waals surface area contributed by atoms with Crippen molar-refractivity contribution < 1.29 is 9.72 Å². The van der Waals surface area contributed by atoms with Crippen molar-refractivity contribution in [2.24, 2.45) is 0 Å². The molecule has 2 N–H and O–H groups in total. The van der Waals surface area contributed by atoms with Crippen molar-refractivity contribution in [1.29, 1.82) is 0 Å². The van der Waals surface area contributed by atoms with Gasteiger partial charge >= 0.3 is 0 Å². The van der Waals surface area contributed by atoms with Crippen molar-refractivity contribution >= 4 is 17.4 Å². The highest BCUT2D eigenvalue weighted by atomic mass is 16.6. The molecule has 0 atom stereocenters. The molecular formula is C17H17N7O3. The van der Waals surface area contributed by atoms with Gasteiger partial charge in [-0.2, -0.15) is 0 Å². The van der Waals surface area contributed by atoms with Crippen LogP contribution in [0.4, 0.5) is 11.5 Å². The minimum atomic E-state index is -0.576. The number of hydrogen-bond donors (Lipinski definition) is 2. The number of hydrogen-bond acceptors (Lipinski definition) is 7. The molecule has 27 heavy (non-hydrogen) atoms. The van der Waals surface area contributed by atoms with Crippen LogP contribution in [0.15, 0.2) is 49.1 Å². The summed E-state index contributed by atoms with van der Waals surface area (Å²) in [6.07, 6.45) is 4.92. The first-order chi connectivity index (χ1) is 13.1. The third-order valence-corrected chi connectivity index (χ3v) is 3.79. The Hall–Kier alpha value is -3.82. The quantitative estimate of drug-likeness (QED) is 0.370. The van der Waals surface area contributed by atoms with Gasteiger partial charge in [0.05, 0.1) is 4.92 Å². The lowest BCUT2D eigenvalue weighted by atomic mass is 10.1. The zero-order valence-electron chi connectivity index (χ0n) is 14.5. The first-order valence-electron chi connectivity index (χ1n) is 8.14. The summed E-state index contributed by atoms with van der Waals surface area (Å²) in [5.74, 6) is 1.57. The highest BCUT2D eigenvalue weighted by Gasteiger charge is 2.18. The maximum Gasteiger partial charge on any atom is 0.282 e.